The standard InChI is InChI=1S/C18H24N6O/c1-3-24(4-2)11-7-10-19-18-21-17(25)16(22-23-18)14-12-20-15-9-6-5-8-13(14)15/h5-6,8-9,12,20H,3-4,7,10-11H2,1-2H3,(H2,19,21,23,25). The molecule has 25 heavy (non-hydrogen) atoms. The van der Waals surface area contributed by atoms with Crippen LogP contribution in [-0.2, 0) is 0 Å². The Hall–Kier alpha value is -2.67. The van der Waals surface area contributed by atoms with E-state index >= 15 is 0 Å². The number of hydrogen-bond donors (Lipinski definition) is 3. The first-order chi connectivity index (χ1) is 12.2. The lowest BCUT2D eigenvalue weighted by Crippen LogP contribution is -2.26. The molecule has 0 unspecified atom stereocenters. The highest BCUT2D eigenvalue weighted by molar-refractivity contribution is 5.94. The fourth-order valence-corrected chi connectivity index (χ4v) is 2.91. The van der Waals surface area contributed by atoms with Crippen LogP contribution in [0, 0.1) is 0 Å². The van der Waals surface area contributed by atoms with Gasteiger partial charge >= 0.3 is 0 Å². The molecule has 0 aliphatic carbocycles. The first-order valence-electron chi connectivity index (χ1n) is 8.72. The van der Waals surface area contributed by atoms with Gasteiger partial charge in [-0.1, -0.05) is 32.0 Å². The molecule has 7 nitrogen and oxygen atoms in total. The van der Waals surface area contributed by atoms with Crippen molar-refractivity contribution in [3.63, 3.8) is 0 Å². The number of anilines is 1. The number of nitrogens with one attached hydrogen (secondary N) is 3. The lowest BCUT2D eigenvalue weighted by atomic mass is 10.1. The summed E-state index contributed by atoms with van der Waals surface area (Å²) in [7, 11) is 0. The molecule has 0 fully saturated rings. The van der Waals surface area contributed by atoms with E-state index in [-0.39, 0.29) is 5.56 Å². The first-order valence-corrected chi connectivity index (χ1v) is 8.72. The van der Waals surface area contributed by atoms with Gasteiger partial charge in [0.25, 0.3) is 5.56 Å². The summed E-state index contributed by atoms with van der Waals surface area (Å²) in [5.74, 6) is 0.410. The number of nitrogens with zero attached hydrogens (tertiary/aromatic N) is 3. The fourth-order valence-electron chi connectivity index (χ4n) is 2.91. The van der Waals surface area contributed by atoms with Crippen LogP contribution in [0.2, 0.25) is 0 Å². The minimum Gasteiger partial charge on any atom is -0.360 e. The number of rotatable bonds is 8. The maximum Gasteiger partial charge on any atom is 0.279 e. The molecule has 0 amide bonds. The van der Waals surface area contributed by atoms with Gasteiger partial charge in [0.2, 0.25) is 5.95 Å². The van der Waals surface area contributed by atoms with Crippen molar-refractivity contribution in [3.8, 4) is 11.3 Å². The van der Waals surface area contributed by atoms with Gasteiger partial charge in [-0.2, -0.15) is 0 Å². The SMILES string of the molecule is CCN(CC)CCCNc1nnc(-c2c[nH]c3ccccc23)c(=O)[nH]1. The minimum absolute atomic E-state index is 0.244. The van der Waals surface area contributed by atoms with Gasteiger partial charge < -0.3 is 15.2 Å². The van der Waals surface area contributed by atoms with Crippen molar-refractivity contribution in [1.82, 2.24) is 25.1 Å². The maximum absolute atomic E-state index is 12.4. The summed E-state index contributed by atoms with van der Waals surface area (Å²) in [5.41, 5.74) is 1.81. The van der Waals surface area contributed by atoms with E-state index in [9.17, 15) is 4.79 Å². The maximum atomic E-state index is 12.4. The number of H-pyrrole nitrogens is 2. The van der Waals surface area contributed by atoms with E-state index in [4.69, 9.17) is 0 Å². The molecule has 2 aromatic heterocycles. The highest BCUT2D eigenvalue weighted by Gasteiger charge is 2.12. The average molecular weight is 340 g/mol. The van der Waals surface area contributed by atoms with Crippen molar-refractivity contribution >= 4 is 16.9 Å². The topological polar surface area (TPSA) is 89.7 Å². The third-order valence-corrected chi connectivity index (χ3v) is 4.38. The van der Waals surface area contributed by atoms with Gasteiger partial charge in [-0.05, 0) is 32.1 Å². The van der Waals surface area contributed by atoms with Crippen LogP contribution in [0.1, 0.15) is 20.3 Å². The molecule has 0 aliphatic heterocycles. The number of aromatic nitrogens is 4. The van der Waals surface area contributed by atoms with Gasteiger partial charge in [-0.15, -0.1) is 10.2 Å². The zero-order chi connectivity index (χ0) is 17.6. The molecule has 3 aromatic rings. The van der Waals surface area contributed by atoms with Gasteiger partial charge in [-0.25, -0.2) is 0 Å². The number of hydrogen-bond acceptors (Lipinski definition) is 5. The first kappa shape index (κ1) is 17.2. The van der Waals surface area contributed by atoms with Crippen LogP contribution in [0.15, 0.2) is 35.3 Å². The predicted octanol–water partition coefficient (Wildman–Crippen LogP) is 2.46. The van der Waals surface area contributed by atoms with Crippen LogP contribution < -0.4 is 10.9 Å². The monoisotopic (exact) mass is 340 g/mol. The van der Waals surface area contributed by atoms with Crippen molar-refractivity contribution in [3.05, 3.63) is 40.8 Å². The highest BCUT2D eigenvalue weighted by atomic mass is 16.1. The molecule has 3 rings (SSSR count). The molecular weight excluding hydrogens is 316 g/mol. The van der Waals surface area contributed by atoms with E-state index in [1.54, 1.807) is 6.20 Å². The molecule has 0 bridgehead atoms. The normalized spacial score (nSPS) is 11.3. The van der Waals surface area contributed by atoms with Gasteiger partial charge in [-0.3, -0.25) is 9.78 Å². The molecule has 2 heterocycles. The Morgan fingerprint density at radius 3 is 2.72 bits per heavy atom. The lowest BCUT2D eigenvalue weighted by Gasteiger charge is -2.17. The van der Waals surface area contributed by atoms with Crippen molar-refractivity contribution in [2.24, 2.45) is 0 Å². The Kier molecular flexibility index (Phi) is 5.45. The van der Waals surface area contributed by atoms with Crippen molar-refractivity contribution < 1.29 is 0 Å². The summed E-state index contributed by atoms with van der Waals surface area (Å²) in [5, 5.41) is 12.3. The van der Waals surface area contributed by atoms with Crippen LogP contribution >= 0.6 is 0 Å². The summed E-state index contributed by atoms with van der Waals surface area (Å²) >= 11 is 0. The molecule has 1 aromatic carbocycles. The van der Waals surface area contributed by atoms with Crippen molar-refractivity contribution in [2.45, 2.75) is 20.3 Å². The van der Waals surface area contributed by atoms with Crippen LogP contribution in [0.4, 0.5) is 5.95 Å². The van der Waals surface area contributed by atoms with Gasteiger partial charge in [0.1, 0.15) is 0 Å². The van der Waals surface area contributed by atoms with Crippen LogP contribution in [0.25, 0.3) is 22.2 Å². The second-order valence-corrected chi connectivity index (χ2v) is 5.91. The Morgan fingerprint density at radius 1 is 1.16 bits per heavy atom. The van der Waals surface area contributed by atoms with Crippen LogP contribution in [0.3, 0.4) is 0 Å². The van der Waals surface area contributed by atoms with E-state index in [0.717, 1.165) is 49.1 Å². The van der Waals surface area contributed by atoms with E-state index in [1.165, 1.54) is 0 Å². The summed E-state index contributed by atoms with van der Waals surface area (Å²) in [4.78, 5) is 20.7. The fraction of sp³-hybridized carbons (Fsp3) is 0.389. The predicted molar refractivity (Wildman–Crippen MR) is 101 cm³/mol. The van der Waals surface area contributed by atoms with E-state index < -0.39 is 0 Å². The molecule has 3 N–H and O–H groups in total. The second-order valence-electron chi connectivity index (χ2n) is 5.91. The van der Waals surface area contributed by atoms with E-state index in [0.29, 0.717) is 11.6 Å². The zero-order valence-corrected chi connectivity index (χ0v) is 14.7. The molecular formula is C18H24N6O. The molecule has 0 spiro atoms. The highest BCUT2D eigenvalue weighted by Crippen LogP contribution is 2.24. The van der Waals surface area contributed by atoms with Crippen LogP contribution in [0.5, 0.6) is 0 Å². The lowest BCUT2D eigenvalue weighted by molar-refractivity contribution is 0.303. The second kappa shape index (κ2) is 7.94. The smallest absolute Gasteiger partial charge is 0.279 e. The number of aromatic amines is 2. The Morgan fingerprint density at radius 2 is 1.96 bits per heavy atom. The van der Waals surface area contributed by atoms with E-state index in [2.05, 4.69) is 44.2 Å². The minimum atomic E-state index is -0.244. The van der Waals surface area contributed by atoms with Crippen molar-refractivity contribution in [2.75, 3.05) is 31.5 Å². The molecule has 0 aliphatic rings. The van der Waals surface area contributed by atoms with E-state index in [1.807, 2.05) is 24.3 Å². The Bertz CT molecular complexity index is 880. The third kappa shape index (κ3) is 3.88. The van der Waals surface area contributed by atoms with Crippen molar-refractivity contribution in [1.29, 1.82) is 0 Å². The van der Waals surface area contributed by atoms with Crippen LogP contribution in [-0.4, -0.2) is 51.2 Å². The average Bonchev–Trinajstić information content (AvgIpc) is 3.06. The van der Waals surface area contributed by atoms with Gasteiger partial charge in [0.15, 0.2) is 5.69 Å². The van der Waals surface area contributed by atoms with Gasteiger partial charge in [0.05, 0.1) is 0 Å². The molecule has 0 saturated carbocycles. The zero-order valence-electron chi connectivity index (χ0n) is 14.7. The summed E-state index contributed by atoms with van der Waals surface area (Å²) < 4.78 is 0. The summed E-state index contributed by atoms with van der Waals surface area (Å²) in [6.45, 7) is 8.17. The number of para-hydroxylation sites is 1. The largest absolute Gasteiger partial charge is 0.360 e. The quantitative estimate of drug-likeness (QED) is 0.548. The number of benzene rings is 1. The van der Waals surface area contributed by atoms with Gasteiger partial charge in [0, 0.05) is 29.2 Å². The third-order valence-electron chi connectivity index (χ3n) is 4.38. The number of fused-ring (bicyclic) bond motifs is 1. The molecule has 0 atom stereocenters. The summed E-state index contributed by atoms with van der Waals surface area (Å²) in [6, 6.07) is 7.81. The Labute approximate surface area is 146 Å². The molecule has 132 valence electrons. The Balaban J connectivity index is 1.68. The molecule has 7 heteroatoms. The molecule has 0 saturated heterocycles. The molecule has 0 radical (unpaired) electrons. The summed E-state index contributed by atoms with van der Waals surface area (Å²) in [6.07, 6.45) is 2.77.